The Kier molecular flexibility index (Phi) is 6.00. The summed E-state index contributed by atoms with van der Waals surface area (Å²) in [5, 5.41) is 4.87. The number of rotatable bonds is 3. The van der Waals surface area contributed by atoms with Crippen LogP contribution in [0.2, 0.25) is 0 Å². The largest absolute Gasteiger partial charge is 2.00 e. The predicted molar refractivity (Wildman–Crippen MR) is 169 cm³/mol. The monoisotopic (exact) mass is 749 g/mol. The van der Waals surface area contributed by atoms with Gasteiger partial charge in [0, 0.05) is 54.2 Å². The van der Waals surface area contributed by atoms with Gasteiger partial charge < -0.3 is 13.5 Å². The Bertz CT molecular complexity index is 2570. The summed E-state index contributed by atoms with van der Waals surface area (Å²) in [6, 6.07) is 27.9. The first-order chi connectivity index (χ1) is 21.2. The van der Waals surface area contributed by atoms with Crippen molar-refractivity contribution >= 4 is 54.9 Å². The molecule has 4 aromatic carbocycles. The zero-order valence-corrected chi connectivity index (χ0v) is 25.9. The van der Waals surface area contributed by atoms with Crippen molar-refractivity contribution in [3.8, 4) is 22.6 Å². The van der Waals surface area contributed by atoms with Gasteiger partial charge in [-0.2, -0.15) is 0 Å². The Labute approximate surface area is 266 Å². The van der Waals surface area contributed by atoms with Crippen LogP contribution in [0.3, 0.4) is 0 Å². The Morgan fingerprint density at radius 1 is 0.614 bits per heavy atom. The molecule has 5 aromatic heterocycles. The van der Waals surface area contributed by atoms with E-state index in [2.05, 4.69) is 87.8 Å². The molecule has 0 aliphatic heterocycles. The number of imidazole rings is 2. The molecular weight excluding hydrogens is 728 g/mol. The van der Waals surface area contributed by atoms with E-state index < -0.39 is 0 Å². The van der Waals surface area contributed by atoms with Gasteiger partial charge >= 0.3 is 21.1 Å². The molecule has 0 radical (unpaired) electrons. The summed E-state index contributed by atoms with van der Waals surface area (Å²) < 4.78 is 10.5. The van der Waals surface area contributed by atoms with Gasteiger partial charge in [-0.15, -0.1) is 12.1 Å². The summed E-state index contributed by atoms with van der Waals surface area (Å²) in [4.78, 5) is 18.4. The molecular formula is C36H22N6OPt. The minimum atomic E-state index is 0. The number of pyridine rings is 2. The van der Waals surface area contributed by atoms with E-state index in [-0.39, 0.29) is 21.1 Å². The summed E-state index contributed by atoms with van der Waals surface area (Å²) in [6.45, 7) is 4.34. The summed E-state index contributed by atoms with van der Waals surface area (Å²) in [5.74, 6) is 1.14. The van der Waals surface area contributed by atoms with Gasteiger partial charge in [0.05, 0.1) is 16.8 Å². The van der Waals surface area contributed by atoms with Gasteiger partial charge in [0.25, 0.3) is 0 Å². The molecule has 7 nitrogen and oxygen atoms in total. The molecule has 0 unspecified atom stereocenters. The molecule has 5 heterocycles. The first-order valence-electron chi connectivity index (χ1n) is 14.1. The van der Waals surface area contributed by atoms with E-state index in [4.69, 9.17) is 9.72 Å². The van der Waals surface area contributed by atoms with E-state index in [0.29, 0.717) is 11.5 Å². The van der Waals surface area contributed by atoms with Crippen LogP contribution >= 0.6 is 0 Å². The molecule has 9 rings (SSSR count). The SMILES string of the molecule is Cc1cccc(C)c1-c1cccc2c1c1ccc(Oc3[c-]c4c(cc3)c3nccnc3n3ccnc43)[c-]c1c1nccn21.[Pt+2]. The van der Waals surface area contributed by atoms with Crippen LogP contribution in [0.5, 0.6) is 11.5 Å². The maximum atomic E-state index is 6.40. The van der Waals surface area contributed by atoms with Crippen LogP contribution in [0.15, 0.2) is 97.8 Å². The molecule has 0 saturated carbocycles. The van der Waals surface area contributed by atoms with E-state index in [1.807, 2.05) is 41.2 Å². The first kappa shape index (κ1) is 26.5. The molecule has 0 aliphatic carbocycles. The van der Waals surface area contributed by atoms with E-state index in [1.54, 1.807) is 18.6 Å². The second kappa shape index (κ2) is 9.97. The normalized spacial score (nSPS) is 11.7. The number of nitrogens with zero attached hydrogens (tertiary/aromatic N) is 6. The average molecular weight is 750 g/mol. The fourth-order valence-electron chi connectivity index (χ4n) is 6.46. The number of hydrogen-bond acceptors (Lipinski definition) is 5. The predicted octanol–water partition coefficient (Wildman–Crippen LogP) is 8.06. The van der Waals surface area contributed by atoms with Crippen molar-refractivity contribution in [3.05, 3.63) is 121 Å². The number of aromatic nitrogens is 6. The molecule has 8 heteroatoms. The molecule has 0 N–H and O–H groups in total. The Hall–Kier alpha value is -5.13. The zero-order valence-electron chi connectivity index (χ0n) is 23.6. The number of ether oxygens (including phenoxy) is 1. The van der Waals surface area contributed by atoms with E-state index >= 15 is 0 Å². The average Bonchev–Trinajstić information content (AvgIpc) is 3.73. The number of benzene rings is 4. The van der Waals surface area contributed by atoms with Gasteiger partial charge in [-0.3, -0.25) is 15.0 Å². The maximum Gasteiger partial charge on any atom is 2.00 e. The smallest absolute Gasteiger partial charge is 0.497 e. The minimum absolute atomic E-state index is 0. The van der Waals surface area contributed by atoms with Crippen LogP contribution < -0.4 is 4.74 Å². The summed E-state index contributed by atoms with van der Waals surface area (Å²) in [5.41, 5.74) is 9.16. The molecule has 9 aromatic rings. The van der Waals surface area contributed by atoms with Crippen molar-refractivity contribution in [2.75, 3.05) is 0 Å². The second-order valence-corrected chi connectivity index (χ2v) is 10.8. The molecule has 0 bridgehead atoms. The molecule has 0 atom stereocenters. The summed E-state index contributed by atoms with van der Waals surface area (Å²) >= 11 is 0. The van der Waals surface area contributed by atoms with Crippen LogP contribution in [0.25, 0.3) is 66.0 Å². The van der Waals surface area contributed by atoms with Gasteiger partial charge in [-0.05, 0) is 47.6 Å². The van der Waals surface area contributed by atoms with Crippen molar-refractivity contribution in [1.29, 1.82) is 0 Å². The van der Waals surface area contributed by atoms with Gasteiger partial charge in [-0.25, -0.2) is 4.98 Å². The van der Waals surface area contributed by atoms with E-state index in [9.17, 15) is 0 Å². The van der Waals surface area contributed by atoms with E-state index in [0.717, 1.165) is 54.9 Å². The summed E-state index contributed by atoms with van der Waals surface area (Å²) in [6.07, 6.45) is 10.9. The van der Waals surface area contributed by atoms with Crippen LogP contribution in [-0.2, 0) is 21.1 Å². The van der Waals surface area contributed by atoms with Crippen molar-refractivity contribution in [1.82, 2.24) is 28.7 Å². The van der Waals surface area contributed by atoms with Crippen molar-refractivity contribution in [3.63, 3.8) is 0 Å². The van der Waals surface area contributed by atoms with Crippen molar-refractivity contribution in [2.24, 2.45) is 0 Å². The van der Waals surface area contributed by atoms with Crippen LogP contribution in [0, 0.1) is 26.0 Å². The number of fused-ring (bicyclic) bond motifs is 12. The summed E-state index contributed by atoms with van der Waals surface area (Å²) in [7, 11) is 0. The van der Waals surface area contributed by atoms with Crippen molar-refractivity contribution in [2.45, 2.75) is 13.8 Å². The standard InChI is InChI=1S/C36H22N6O.Pt/c1-21-5-3-6-22(2)31(21)27-7-4-8-30-32(27)25-11-9-23(19-28(25)34-39-15-17-41(30)34)43-24-10-12-26-29(20-24)35-40-16-18-42(35)36-33(26)37-13-14-38-36;/h3-18H,1-2H3;/q-2;+2. The minimum Gasteiger partial charge on any atom is -0.497 e. The second-order valence-electron chi connectivity index (χ2n) is 10.8. The van der Waals surface area contributed by atoms with Crippen LogP contribution in [0.1, 0.15) is 11.1 Å². The van der Waals surface area contributed by atoms with E-state index in [1.165, 1.54) is 22.3 Å². The topological polar surface area (TPSA) is 69.6 Å². The Morgan fingerprint density at radius 3 is 2.00 bits per heavy atom. The fraction of sp³-hybridized carbons (Fsp3) is 0.0556. The fourth-order valence-corrected chi connectivity index (χ4v) is 6.46. The van der Waals surface area contributed by atoms with Crippen LogP contribution in [-0.4, -0.2) is 28.7 Å². The van der Waals surface area contributed by atoms with Crippen molar-refractivity contribution < 1.29 is 25.8 Å². The third kappa shape index (κ3) is 3.79. The zero-order chi connectivity index (χ0) is 28.7. The quantitative estimate of drug-likeness (QED) is 0.135. The molecule has 212 valence electrons. The molecule has 0 spiro atoms. The Balaban J connectivity index is 0.00000289. The molecule has 0 aliphatic rings. The third-order valence-corrected chi connectivity index (χ3v) is 8.27. The van der Waals surface area contributed by atoms with Crippen LogP contribution in [0.4, 0.5) is 0 Å². The van der Waals surface area contributed by atoms with Gasteiger partial charge in [0.2, 0.25) is 0 Å². The van der Waals surface area contributed by atoms with Gasteiger partial charge in [0.15, 0.2) is 0 Å². The van der Waals surface area contributed by atoms with Gasteiger partial charge in [-0.1, -0.05) is 76.1 Å². The van der Waals surface area contributed by atoms with Gasteiger partial charge in [0.1, 0.15) is 5.65 Å². The maximum absolute atomic E-state index is 6.40. The first-order valence-corrected chi connectivity index (χ1v) is 14.1. The number of aryl methyl sites for hydroxylation is 2. The molecule has 0 saturated heterocycles. The number of hydrogen-bond donors (Lipinski definition) is 0. The third-order valence-electron chi connectivity index (χ3n) is 8.27. The Morgan fingerprint density at radius 2 is 1.23 bits per heavy atom. The molecule has 0 amide bonds. The molecule has 0 fully saturated rings. The molecule has 44 heavy (non-hydrogen) atoms.